The average molecular weight is 200 g/mol. The van der Waals surface area contributed by atoms with Gasteiger partial charge in [0.1, 0.15) is 0 Å². The maximum absolute atomic E-state index is 9.58. The highest BCUT2D eigenvalue weighted by molar-refractivity contribution is 5.04. The first-order valence-corrected chi connectivity index (χ1v) is 4.90. The van der Waals surface area contributed by atoms with Gasteiger partial charge in [-0.1, -0.05) is 31.2 Å². The zero-order valence-electron chi connectivity index (χ0n) is 8.80. The molecule has 0 saturated carbocycles. The van der Waals surface area contributed by atoms with Crippen LogP contribution in [0.4, 0.5) is 0 Å². The molecule has 0 radical (unpaired) electrons. The Hall–Kier alpha value is -0.640. The van der Waals surface area contributed by atoms with E-state index in [1.165, 1.54) is 0 Å². The van der Waals surface area contributed by atoms with E-state index in [0.717, 1.165) is 0 Å². The predicted octanol–water partition coefficient (Wildman–Crippen LogP) is 0.859. The minimum absolute atomic E-state index is 0.0587. The third-order valence-electron chi connectivity index (χ3n) is 2.18. The van der Waals surface area contributed by atoms with E-state index in [2.05, 4.69) is 0 Å². The second-order valence-electron chi connectivity index (χ2n) is 3.34. The van der Waals surface area contributed by atoms with Crippen LogP contribution in [0.5, 0.6) is 0 Å². The quantitative estimate of drug-likeness (QED) is 0.557. The van der Waals surface area contributed by atoms with Crippen LogP contribution in [0, 0.1) is 5.92 Å². The van der Waals surface area contributed by atoms with Crippen LogP contribution in [0.25, 0.3) is 0 Å². The van der Waals surface area contributed by atoms with Crippen LogP contribution < -0.4 is 0 Å². The summed E-state index contributed by atoms with van der Waals surface area (Å²) in [6, 6.07) is 0. The summed E-state index contributed by atoms with van der Waals surface area (Å²) in [6.45, 7) is 3.59. The molecule has 0 bridgehead atoms. The molecule has 0 aliphatic rings. The fourth-order valence-electron chi connectivity index (χ4n) is 1.09. The first kappa shape index (κ1) is 13.4. The zero-order chi connectivity index (χ0) is 11.0. The van der Waals surface area contributed by atoms with Crippen molar-refractivity contribution in [2.24, 2.45) is 5.92 Å². The smallest absolute Gasteiger partial charge is 0.0774 e. The summed E-state index contributed by atoms with van der Waals surface area (Å²) in [6.07, 6.45) is 6.01. The molecule has 0 rings (SSSR count). The number of rotatable bonds is 6. The molecule has 3 N–H and O–H groups in total. The Kier molecular flexibility index (Phi) is 7.38. The lowest BCUT2D eigenvalue weighted by Crippen LogP contribution is -2.28. The lowest BCUT2D eigenvalue weighted by molar-refractivity contribution is 0.0298. The summed E-state index contributed by atoms with van der Waals surface area (Å²) < 4.78 is 0. The molecule has 14 heavy (non-hydrogen) atoms. The molecular formula is C11H20O3. The summed E-state index contributed by atoms with van der Waals surface area (Å²) in [7, 11) is 0. The minimum atomic E-state index is -0.673. The lowest BCUT2D eigenvalue weighted by atomic mass is 9.95. The number of aliphatic hydroxyl groups is 3. The molecule has 0 fully saturated rings. The van der Waals surface area contributed by atoms with Gasteiger partial charge in [-0.25, -0.2) is 0 Å². The molecule has 0 aromatic heterocycles. The van der Waals surface area contributed by atoms with Gasteiger partial charge in [0.15, 0.2) is 0 Å². The maximum Gasteiger partial charge on any atom is 0.0774 e. The van der Waals surface area contributed by atoms with Gasteiger partial charge in [-0.05, 0) is 13.3 Å². The molecule has 0 amide bonds. The van der Waals surface area contributed by atoms with Crippen LogP contribution in [0.15, 0.2) is 24.3 Å². The normalized spacial score (nSPS) is 18.9. The van der Waals surface area contributed by atoms with Crippen molar-refractivity contribution in [2.45, 2.75) is 32.5 Å². The molecule has 3 atom stereocenters. The molecule has 0 aromatic carbocycles. The van der Waals surface area contributed by atoms with Crippen LogP contribution in [0.2, 0.25) is 0 Å². The Morgan fingerprint density at radius 2 is 1.86 bits per heavy atom. The molecule has 0 aliphatic carbocycles. The largest absolute Gasteiger partial charge is 0.396 e. The van der Waals surface area contributed by atoms with Crippen molar-refractivity contribution in [3.05, 3.63) is 24.3 Å². The fraction of sp³-hybridized carbons (Fsp3) is 0.636. The van der Waals surface area contributed by atoms with Crippen molar-refractivity contribution in [1.29, 1.82) is 0 Å². The molecule has 0 heterocycles. The number of hydrogen-bond donors (Lipinski definition) is 3. The van der Waals surface area contributed by atoms with Gasteiger partial charge in [0.25, 0.3) is 0 Å². The van der Waals surface area contributed by atoms with Gasteiger partial charge < -0.3 is 15.3 Å². The molecular weight excluding hydrogens is 180 g/mol. The Morgan fingerprint density at radius 3 is 2.36 bits per heavy atom. The molecule has 3 nitrogen and oxygen atoms in total. The average Bonchev–Trinajstić information content (AvgIpc) is 2.17. The monoisotopic (exact) mass is 200 g/mol. The van der Waals surface area contributed by atoms with Crippen LogP contribution in [-0.2, 0) is 0 Å². The van der Waals surface area contributed by atoms with Crippen molar-refractivity contribution in [3.8, 4) is 0 Å². The summed E-state index contributed by atoms with van der Waals surface area (Å²) in [5.74, 6) is -0.261. The van der Waals surface area contributed by atoms with E-state index >= 15 is 0 Å². The van der Waals surface area contributed by atoms with E-state index in [-0.39, 0.29) is 12.5 Å². The molecule has 0 unspecified atom stereocenters. The van der Waals surface area contributed by atoms with Crippen molar-refractivity contribution < 1.29 is 15.3 Å². The van der Waals surface area contributed by atoms with Gasteiger partial charge in [0.05, 0.1) is 12.2 Å². The summed E-state index contributed by atoms with van der Waals surface area (Å²) in [5, 5.41) is 27.7. The Morgan fingerprint density at radius 1 is 1.21 bits per heavy atom. The van der Waals surface area contributed by atoms with Crippen LogP contribution >= 0.6 is 0 Å². The van der Waals surface area contributed by atoms with Gasteiger partial charge >= 0.3 is 0 Å². The van der Waals surface area contributed by atoms with E-state index in [1.807, 2.05) is 19.1 Å². The first-order valence-electron chi connectivity index (χ1n) is 4.90. The fourth-order valence-corrected chi connectivity index (χ4v) is 1.09. The maximum atomic E-state index is 9.58. The molecule has 3 heteroatoms. The van der Waals surface area contributed by atoms with Crippen LogP contribution in [0.1, 0.15) is 20.3 Å². The highest BCUT2D eigenvalue weighted by atomic mass is 16.3. The van der Waals surface area contributed by atoms with Gasteiger partial charge in [-0.3, -0.25) is 0 Å². The summed E-state index contributed by atoms with van der Waals surface area (Å²) >= 11 is 0. The van der Waals surface area contributed by atoms with Crippen molar-refractivity contribution in [3.63, 3.8) is 0 Å². The predicted molar refractivity (Wildman–Crippen MR) is 56.8 cm³/mol. The van der Waals surface area contributed by atoms with Crippen LogP contribution in [0.3, 0.4) is 0 Å². The zero-order valence-corrected chi connectivity index (χ0v) is 8.80. The van der Waals surface area contributed by atoms with E-state index in [0.29, 0.717) is 6.42 Å². The number of hydrogen-bond acceptors (Lipinski definition) is 3. The van der Waals surface area contributed by atoms with Crippen molar-refractivity contribution in [1.82, 2.24) is 0 Å². The Labute approximate surface area is 85.4 Å². The van der Waals surface area contributed by atoms with E-state index in [1.54, 1.807) is 19.1 Å². The van der Waals surface area contributed by atoms with E-state index < -0.39 is 12.2 Å². The highest BCUT2D eigenvalue weighted by Crippen LogP contribution is 2.12. The molecule has 0 aromatic rings. The van der Waals surface area contributed by atoms with Crippen LogP contribution in [-0.4, -0.2) is 34.1 Å². The number of aliphatic hydroxyl groups excluding tert-OH is 3. The third-order valence-corrected chi connectivity index (χ3v) is 2.18. The second-order valence-corrected chi connectivity index (χ2v) is 3.34. The topological polar surface area (TPSA) is 60.7 Å². The molecule has 0 spiro atoms. The minimum Gasteiger partial charge on any atom is -0.396 e. The third kappa shape index (κ3) is 5.17. The Bertz CT molecular complexity index is 187. The van der Waals surface area contributed by atoms with E-state index in [9.17, 15) is 10.2 Å². The molecule has 0 aliphatic heterocycles. The lowest BCUT2D eigenvalue weighted by Gasteiger charge is -2.20. The van der Waals surface area contributed by atoms with Gasteiger partial charge in [0, 0.05) is 12.5 Å². The summed E-state index contributed by atoms with van der Waals surface area (Å²) in [5.41, 5.74) is 0. The molecule has 82 valence electrons. The molecule has 0 saturated heterocycles. The first-order chi connectivity index (χ1) is 6.63. The van der Waals surface area contributed by atoms with Crippen molar-refractivity contribution >= 4 is 0 Å². The Balaban J connectivity index is 4.03. The van der Waals surface area contributed by atoms with E-state index in [4.69, 9.17) is 5.11 Å². The van der Waals surface area contributed by atoms with Crippen molar-refractivity contribution in [2.75, 3.05) is 6.61 Å². The van der Waals surface area contributed by atoms with Gasteiger partial charge in [-0.2, -0.15) is 0 Å². The van der Waals surface area contributed by atoms with Gasteiger partial charge in [0.2, 0.25) is 0 Å². The summed E-state index contributed by atoms with van der Waals surface area (Å²) in [4.78, 5) is 0. The highest BCUT2D eigenvalue weighted by Gasteiger charge is 2.19. The van der Waals surface area contributed by atoms with Gasteiger partial charge in [-0.15, -0.1) is 0 Å². The SMILES string of the molecule is C/C=C/C=C/[C@@H](O)[C@H](C)[C@H](O)CCO. The standard InChI is InChI=1S/C11H20O3/c1-3-4-5-6-10(13)9(2)11(14)7-8-12/h3-6,9-14H,7-8H2,1-2H3/b4-3+,6-5+/t9-,10+,11+/m0/s1. The number of allylic oxidation sites excluding steroid dienone is 3. The second kappa shape index (κ2) is 7.74.